The lowest BCUT2D eigenvalue weighted by Crippen LogP contribution is -2.24. The summed E-state index contributed by atoms with van der Waals surface area (Å²) >= 11 is 0. The van der Waals surface area contributed by atoms with Crippen molar-refractivity contribution in [3.8, 4) is 0 Å². The van der Waals surface area contributed by atoms with Crippen molar-refractivity contribution in [3.05, 3.63) is 39.9 Å². The van der Waals surface area contributed by atoms with Crippen LogP contribution < -0.4 is 5.56 Å². The van der Waals surface area contributed by atoms with Crippen LogP contribution in [0.3, 0.4) is 0 Å². The highest BCUT2D eigenvalue weighted by atomic mass is 16.4. The van der Waals surface area contributed by atoms with Crippen LogP contribution in [0.4, 0.5) is 0 Å². The number of aryl methyl sites for hydroxylation is 2. The van der Waals surface area contributed by atoms with Gasteiger partial charge in [0.15, 0.2) is 0 Å². The van der Waals surface area contributed by atoms with Gasteiger partial charge in [-0.25, -0.2) is 4.98 Å². The van der Waals surface area contributed by atoms with E-state index in [2.05, 4.69) is 4.98 Å². The summed E-state index contributed by atoms with van der Waals surface area (Å²) in [5.41, 5.74) is 2.32. The average Bonchev–Trinajstić information content (AvgIpc) is 2.27. The van der Waals surface area contributed by atoms with Crippen molar-refractivity contribution in [1.82, 2.24) is 9.55 Å². The zero-order valence-electron chi connectivity index (χ0n) is 9.60. The van der Waals surface area contributed by atoms with E-state index in [0.717, 1.165) is 15.7 Å². The predicted molar refractivity (Wildman–Crippen MR) is 63.1 cm³/mol. The van der Waals surface area contributed by atoms with Crippen LogP contribution in [-0.4, -0.2) is 20.6 Å². The van der Waals surface area contributed by atoms with Gasteiger partial charge in [-0.2, -0.15) is 0 Å². The van der Waals surface area contributed by atoms with Gasteiger partial charge in [0.2, 0.25) is 0 Å². The van der Waals surface area contributed by atoms with E-state index in [-0.39, 0.29) is 12.1 Å². The number of carbonyl (C=O) groups is 1. The predicted octanol–water partition coefficient (Wildman–Crippen LogP) is 1.10. The summed E-state index contributed by atoms with van der Waals surface area (Å²) in [6.45, 7) is 3.47. The molecule has 0 aliphatic heterocycles. The summed E-state index contributed by atoms with van der Waals surface area (Å²) in [4.78, 5) is 26.7. The number of aromatic nitrogens is 2. The Hall–Kier alpha value is -2.17. The second kappa shape index (κ2) is 4.01. The molecule has 1 aromatic carbocycles. The highest BCUT2D eigenvalue weighted by Gasteiger charge is 2.09. The zero-order chi connectivity index (χ0) is 12.6. The molecule has 5 nitrogen and oxygen atoms in total. The smallest absolute Gasteiger partial charge is 0.323 e. The first kappa shape index (κ1) is 11.3. The minimum Gasteiger partial charge on any atom is -0.480 e. The Morgan fingerprint density at radius 3 is 2.76 bits per heavy atom. The quantitative estimate of drug-likeness (QED) is 0.841. The minimum atomic E-state index is -1.06. The Labute approximate surface area is 97.3 Å². The second-order valence-corrected chi connectivity index (χ2v) is 3.97. The zero-order valence-corrected chi connectivity index (χ0v) is 9.60. The van der Waals surface area contributed by atoms with Crippen LogP contribution in [0, 0.1) is 13.8 Å². The molecule has 2 rings (SSSR count). The van der Waals surface area contributed by atoms with Gasteiger partial charge in [-0.15, -0.1) is 0 Å². The summed E-state index contributed by atoms with van der Waals surface area (Å²) in [6, 6.07) is 3.53. The van der Waals surface area contributed by atoms with Crippen molar-refractivity contribution in [3.63, 3.8) is 0 Å². The van der Waals surface area contributed by atoms with Gasteiger partial charge in [0.25, 0.3) is 5.56 Å². The fourth-order valence-corrected chi connectivity index (χ4v) is 1.73. The molecule has 0 saturated heterocycles. The third-order valence-corrected chi connectivity index (χ3v) is 2.82. The molecular weight excluding hydrogens is 220 g/mol. The van der Waals surface area contributed by atoms with Crippen molar-refractivity contribution in [1.29, 1.82) is 0 Å². The number of hydrogen-bond donors (Lipinski definition) is 1. The van der Waals surface area contributed by atoms with Gasteiger partial charge < -0.3 is 5.11 Å². The van der Waals surface area contributed by atoms with Crippen molar-refractivity contribution in [2.24, 2.45) is 0 Å². The second-order valence-electron chi connectivity index (χ2n) is 3.97. The first-order valence-corrected chi connectivity index (χ1v) is 5.18. The summed E-state index contributed by atoms with van der Waals surface area (Å²) < 4.78 is 1.10. The fourth-order valence-electron chi connectivity index (χ4n) is 1.73. The Morgan fingerprint density at radius 2 is 2.12 bits per heavy atom. The highest BCUT2D eigenvalue weighted by Crippen LogP contribution is 2.15. The highest BCUT2D eigenvalue weighted by molar-refractivity contribution is 5.81. The van der Waals surface area contributed by atoms with Crippen LogP contribution in [0.1, 0.15) is 11.1 Å². The average molecular weight is 232 g/mol. The number of fused-ring (bicyclic) bond motifs is 1. The van der Waals surface area contributed by atoms with Gasteiger partial charge in [-0.05, 0) is 31.0 Å². The van der Waals surface area contributed by atoms with E-state index in [0.29, 0.717) is 10.9 Å². The van der Waals surface area contributed by atoms with Gasteiger partial charge >= 0.3 is 5.97 Å². The monoisotopic (exact) mass is 232 g/mol. The van der Waals surface area contributed by atoms with Crippen LogP contribution in [-0.2, 0) is 11.3 Å². The number of nitrogens with zero attached hydrogens (tertiary/aromatic N) is 2. The lowest BCUT2D eigenvalue weighted by atomic mass is 10.1. The Morgan fingerprint density at radius 1 is 1.41 bits per heavy atom. The van der Waals surface area contributed by atoms with Gasteiger partial charge in [0.1, 0.15) is 6.54 Å². The van der Waals surface area contributed by atoms with E-state index in [9.17, 15) is 9.59 Å². The van der Waals surface area contributed by atoms with Crippen LogP contribution >= 0.6 is 0 Å². The summed E-state index contributed by atoms with van der Waals surface area (Å²) in [5.74, 6) is -1.06. The maximum atomic E-state index is 12.0. The van der Waals surface area contributed by atoms with E-state index in [1.165, 1.54) is 6.33 Å². The fraction of sp³-hybridized carbons (Fsp3) is 0.250. The maximum absolute atomic E-state index is 12.0. The normalized spacial score (nSPS) is 10.7. The third kappa shape index (κ3) is 1.91. The SMILES string of the molecule is Cc1ccc2c(=O)n(CC(=O)O)cnc2c1C. The first-order valence-electron chi connectivity index (χ1n) is 5.18. The number of hydrogen-bond acceptors (Lipinski definition) is 3. The molecule has 2 aromatic rings. The van der Waals surface area contributed by atoms with Crippen LogP contribution in [0.5, 0.6) is 0 Å². The molecule has 0 fully saturated rings. The number of rotatable bonds is 2. The third-order valence-electron chi connectivity index (χ3n) is 2.82. The molecular formula is C12H12N2O3. The van der Waals surface area contributed by atoms with Gasteiger partial charge in [-0.1, -0.05) is 6.07 Å². The number of benzene rings is 1. The molecule has 1 aromatic heterocycles. The molecule has 5 heteroatoms. The lowest BCUT2D eigenvalue weighted by Gasteiger charge is -2.07. The van der Waals surface area contributed by atoms with Gasteiger partial charge in [0.05, 0.1) is 17.2 Å². The molecule has 17 heavy (non-hydrogen) atoms. The molecule has 1 heterocycles. The van der Waals surface area contributed by atoms with Gasteiger partial charge in [-0.3, -0.25) is 14.2 Å². The summed E-state index contributed by atoms with van der Waals surface area (Å²) in [6.07, 6.45) is 1.28. The largest absolute Gasteiger partial charge is 0.480 e. The molecule has 1 N–H and O–H groups in total. The molecule has 0 saturated carbocycles. The maximum Gasteiger partial charge on any atom is 0.323 e. The van der Waals surface area contributed by atoms with E-state index in [1.54, 1.807) is 6.07 Å². The number of aliphatic carboxylic acids is 1. The Kier molecular flexibility index (Phi) is 2.67. The minimum absolute atomic E-state index is 0.319. The van der Waals surface area contributed by atoms with Crippen molar-refractivity contribution >= 4 is 16.9 Å². The molecule has 0 aliphatic carbocycles. The molecule has 0 radical (unpaired) electrons. The van der Waals surface area contributed by atoms with Crippen LogP contribution in [0.15, 0.2) is 23.3 Å². The lowest BCUT2D eigenvalue weighted by molar-refractivity contribution is -0.137. The molecule has 0 unspecified atom stereocenters. The molecule has 0 bridgehead atoms. The van der Waals surface area contributed by atoms with Crippen molar-refractivity contribution < 1.29 is 9.90 Å². The summed E-state index contributed by atoms with van der Waals surface area (Å²) in [7, 11) is 0. The Bertz CT molecular complexity index is 659. The molecule has 0 aliphatic rings. The topological polar surface area (TPSA) is 72.2 Å². The molecule has 0 amide bonds. The van der Waals surface area contributed by atoms with E-state index in [1.807, 2.05) is 19.9 Å². The van der Waals surface area contributed by atoms with Crippen molar-refractivity contribution in [2.45, 2.75) is 20.4 Å². The molecule has 88 valence electrons. The molecule has 0 spiro atoms. The number of carboxylic acid groups (broad SMARTS) is 1. The Balaban J connectivity index is 2.73. The van der Waals surface area contributed by atoms with E-state index < -0.39 is 5.97 Å². The van der Waals surface area contributed by atoms with Crippen LogP contribution in [0.25, 0.3) is 10.9 Å². The van der Waals surface area contributed by atoms with Crippen molar-refractivity contribution in [2.75, 3.05) is 0 Å². The molecule has 0 atom stereocenters. The van der Waals surface area contributed by atoms with Gasteiger partial charge in [0, 0.05) is 0 Å². The number of carboxylic acids is 1. The summed E-state index contributed by atoms with van der Waals surface area (Å²) in [5, 5.41) is 9.13. The van der Waals surface area contributed by atoms with E-state index >= 15 is 0 Å². The van der Waals surface area contributed by atoms with Crippen LogP contribution in [0.2, 0.25) is 0 Å². The van der Waals surface area contributed by atoms with E-state index in [4.69, 9.17) is 5.11 Å². The standard InChI is InChI=1S/C12H12N2O3/c1-7-3-4-9-11(8(7)2)13-6-14(12(9)17)5-10(15)16/h3-4,6H,5H2,1-2H3,(H,15,16). The first-order chi connectivity index (χ1) is 8.00.